The number of aliphatic hydroxyl groups is 1. The number of aromatic nitrogens is 4. The Kier molecular flexibility index (Phi) is 8.78. The number of aryl methyl sites for hydroxylation is 2. The fourth-order valence-electron chi connectivity index (χ4n) is 7.01. The standard InChI is InChI=1S/C35H36N4O6.Mg/c1-8-19-14(2)21-13-26-28(18(6)40)16(4)23(37-26)11-22-15(3)20(9-10-27(41)42)32(38-22)30-31(35(44)45-7)34(43)29-17(5)24(39-33(29)30)12-25(19)36-21;/h11-13,15,20H,8-10H2,1-7H3,(H4,36,37,38,39,40,41,42,43,44);/q;+2/p-2/t15-,20-;/m0./s1. The molecule has 5 heterocycles. The van der Waals surface area contributed by atoms with Crippen molar-refractivity contribution in [3.05, 3.63) is 68.8 Å². The van der Waals surface area contributed by atoms with Gasteiger partial charge in [-0.05, 0) is 75.8 Å². The van der Waals surface area contributed by atoms with Crippen molar-refractivity contribution in [2.45, 2.75) is 72.6 Å². The number of hydrogen-bond acceptors (Lipinski definition) is 8. The van der Waals surface area contributed by atoms with Crippen LogP contribution in [0, 0.1) is 13.8 Å². The maximum absolute atomic E-state index is 13.2. The number of allylic oxidation sites excluding steroid dienone is 2. The minimum absolute atomic E-state index is 0. The summed E-state index contributed by atoms with van der Waals surface area (Å²) < 4.78 is 5.10. The van der Waals surface area contributed by atoms with E-state index >= 15 is 0 Å². The first-order chi connectivity index (χ1) is 21.4. The number of esters is 1. The molecule has 0 fully saturated rings. The molecule has 3 aromatic rings. The van der Waals surface area contributed by atoms with Gasteiger partial charge in [-0.3, -0.25) is 9.78 Å². The Bertz CT molecular complexity index is 2080. The maximum atomic E-state index is 13.2. The quantitative estimate of drug-likeness (QED) is 0.216. The molecular weight excluding hydrogens is 597 g/mol. The van der Waals surface area contributed by atoms with Crippen molar-refractivity contribution in [3.63, 3.8) is 0 Å². The van der Waals surface area contributed by atoms with Gasteiger partial charge < -0.3 is 29.7 Å². The van der Waals surface area contributed by atoms with Crippen molar-refractivity contribution < 1.29 is 29.3 Å². The third-order valence-electron chi connectivity index (χ3n) is 9.42. The van der Waals surface area contributed by atoms with E-state index in [0.717, 1.165) is 28.1 Å². The van der Waals surface area contributed by atoms with Crippen molar-refractivity contribution in [1.29, 1.82) is 0 Å². The summed E-state index contributed by atoms with van der Waals surface area (Å²) in [4.78, 5) is 56.0. The summed E-state index contributed by atoms with van der Waals surface area (Å²) in [5.41, 5.74) is 9.47. The van der Waals surface area contributed by atoms with Gasteiger partial charge in [0.1, 0.15) is 11.3 Å². The molecule has 0 amide bonds. The van der Waals surface area contributed by atoms with Crippen LogP contribution in [0.25, 0.3) is 44.5 Å². The monoisotopic (exact) mass is 630 g/mol. The third-order valence-corrected chi connectivity index (χ3v) is 9.42. The van der Waals surface area contributed by atoms with Crippen LogP contribution in [-0.2, 0) is 14.3 Å². The number of aliphatic carboxylic acids is 1. The molecule has 3 aliphatic rings. The molecule has 2 atom stereocenters. The zero-order chi connectivity index (χ0) is 32.5. The normalized spacial score (nSPS) is 16.9. The zero-order valence-electron chi connectivity index (χ0n) is 27.0. The number of ether oxygens (including phenoxy) is 1. The van der Waals surface area contributed by atoms with Gasteiger partial charge in [-0.25, -0.2) is 9.78 Å². The number of carbonyl (C=O) groups excluding carboxylic acids is 3. The number of nitrogens with zero attached hydrogens (tertiary/aromatic N) is 3. The number of Topliss-reactive ketones (excluding diaryl/α,β-unsaturated/α-hetero) is 1. The second-order valence-electron chi connectivity index (χ2n) is 11.9. The molecule has 0 saturated heterocycles. The summed E-state index contributed by atoms with van der Waals surface area (Å²) in [6, 6.07) is 5.64. The Morgan fingerprint density at radius 2 is 1.76 bits per heavy atom. The number of H-pyrrole nitrogens is 1. The zero-order valence-corrected chi connectivity index (χ0v) is 28.5. The summed E-state index contributed by atoms with van der Waals surface area (Å²) in [6.45, 7) is 11.2. The minimum Gasteiger partial charge on any atom is -0.656 e. The maximum Gasteiger partial charge on any atom is 2.00 e. The van der Waals surface area contributed by atoms with Gasteiger partial charge in [-0.1, -0.05) is 25.5 Å². The van der Waals surface area contributed by atoms with Crippen LogP contribution in [0.3, 0.4) is 0 Å². The van der Waals surface area contributed by atoms with Gasteiger partial charge in [0.05, 0.1) is 29.7 Å². The first-order valence-corrected chi connectivity index (χ1v) is 15.0. The first kappa shape index (κ1) is 33.1. The molecule has 0 saturated carbocycles. The number of fused-ring (bicyclic) bond motifs is 8. The van der Waals surface area contributed by atoms with Crippen LogP contribution < -0.4 is 10.1 Å². The molecular formula is C35H34MgN4O6. The fourth-order valence-corrected chi connectivity index (χ4v) is 7.01. The summed E-state index contributed by atoms with van der Waals surface area (Å²) in [7, 11) is 1.24. The van der Waals surface area contributed by atoms with Gasteiger partial charge in [0.25, 0.3) is 0 Å². The number of hydrogen-bond donors (Lipinski definition) is 2. The number of carboxylic acid groups (broad SMARTS) is 1. The van der Waals surface area contributed by atoms with Gasteiger partial charge in [0, 0.05) is 45.7 Å². The minimum atomic E-state index is -1.20. The van der Waals surface area contributed by atoms with Gasteiger partial charge in [0.15, 0.2) is 5.78 Å². The van der Waals surface area contributed by atoms with Crippen LogP contribution in [0.15, 0.2) is 18.2 Å². The SMILES string of the molecule is CCC1=C(C)c2cc3[nH]c(cc4nc(c5c6[n-]c(cc1n2)c(C)c6C(O)=C5C(=O)OC)[C@@H](CCC(=O)[O-])[C@@H]4C)c(C)c3C(C)=O.[Mg+2]. The summed E-state index contributed by atoms with van der Waals surface area (Å²) in [5, 5.41) is 23.1. The number of aromatic amines is 1. The summed E-state index contributed by atoms with van der Waals surface area (Å²) in [6.07, 6.45) is 0.672. The van der Waals surface area contributed by atoms with E-state index in [1.54, 1.807) is 0 Å². The molecule has 0 radical (unpaired) electrons. The van der Waals surface area contributed by atoms with E-state index in [1.807, 2.05) is 45.9 Å². The Labute approximate surface area is 282 Å². The summed E-state index contributed by atoms with van der Waals surface area (Å²) >= 11 is 0. The summed E-state index contributed by atoms with van der Waals surface area (Å²) in [5.74, 6) is -3.01. The van der Waals surface area contributed by atoms with Crippen molar-refractivity contribution >= 4 is 85.3 Å². The van der Waals surface area contributed by atoms with E-state index in [0.29, 0.717) is 62.1 Å². The van der Waals surface area contributed by atoms with Crippen molar-refractivity contribution in [3.8, 4) is 0 Å². The number of rotatable bonds is 6. The molecule has 0 unspecified atom stereocenters. The van der Waals surface area contributed by atoms with Gasteiger partial charge >= 0.3 is 29.0 Å². The molecule has 46 heavy (non-hydrogen) atoms. The van der Waals surface area contributed by atoms with E-state index in [4.69, 9.17) is 19.7 Å². The average molecular weight is 631 g/mol. The number of aliphatic hydroxyl groups excluding tert-OH is 1. The topological polar surface area (TPSA) is 159 Å². The van der Waals surface area contributed by atoms with E-state index in [1.165, 1.54) is 14.0 Å². The number of nitrogens with one attached hydrogen (secondary N) is 1. The van der Waals surface area contributed by atoms with Crippen molar-refractivity contribution in [1.82, 2.24) is 19.9 Å². The van der Waals surface area contributed by atoms with Crippen LogP contribution in [0.2, 0.25) is 0 Å². The fraction of sp³-hybridized carbons (Fsp3) is 0.343. The van der Waals surface area contributed by atoms with Gasteiger partial charge in [0.2, 0.25) is 0 Å². The molecule has 11 heteroatoms. The molecule has 232 valence electrons. The van der Waals surface area contributed by atoms with Gasteiger partial charge in [-0.2, -0.15) is 0 Å². The average Bonchev–Trinajstić information content (AvgIpc) is 3.72. The Hall–Kier alpha value is -4.22. The number of ketones is 1. The van der Waals surface area contributed by atoms with Crippen molar-refractivity contribution in [2.24, 2.45) is 0 Å². The third kappa shape index (κ3) is 5.05. The van der Waals surface area contributed by atoms with E-state index in [2.05, 4.69) is 11.9 Å². The largest absolute Gasteiger partial charge is 2.00 e. The molecule has 0 aromatic carbocycles. The number of methoxy groups -OCH3 is 1. The van der Waals surface area contributed by atoms with Crippen LogP contribution in [-0.4, -0.2) is 67.9 Å². The van der Waals surface area contributed by atoms with Crippen molar-refractivity contribution in [2.75, 3.05) is 7.11 Å². The molecule has 10 nitrogen and oxygen atoms in total. The Morgan fingerprint density at radius 3 is 2.39 bits per heavy atom. The number of carbonyl (C=O) groups is 3. The first-order valence-electron chi connectivity index (χ1n) is 15.0. The molecule has 0 spiro atoms. The Balaban J connectivity index is 0.00000417. The predicted octanol–water partition coefficient (Wildman–Crippen LogP) is 5.05. The van der Waals surface area contributed by atoms with E-state index < -0.39 is 17.9 Å². The van der Waals surface area contributed by atoms with Crippen LogP contribution in [0.4, 0.5) is 0 Å². The van der Waals surface area contributed by atoms with Gasteiger partial charge in [-0.15, -0.1) is 11.0 Å². The molecule has 8 bridgehead atoms. The Morgan fingerprint density at radius 1 is 1.04 bits per heavy atom. The van der Waals surface area contributed by atoms with Crippen LogP contribution in [0.1, 0.15) is 114 Å². The predicted molar refractivity (Wildman–Crippen MR) is 175 cm³/mol. The van der Waals surface area contributed by atoms with Crippen LogP contribution >= 0.6 is 0 Å². The van der Waals surface area contributed by atoms with E-state index in [-0.39, 0.29) is 58.9 Å². The molecule has 6 rings (SSSR count). The molecule has 1 aliphatic carbocycles. The second-order valence-corrected chi connectivity index (χ2v) is 11.9. The molecule has 2 aliphatic heterocycles. The smallest absolute Gasteiger partial charge is 0.656 e. The van der Waals surface area contributed by atoms with E-state index in [9.17, 15) is 24.6 Å². The number of carboxylic acids is 1. The second kappa shape index (κ2) is 12.2. The van der Waals surface area contributed by atoms with Crippen LogP contribution in [0.5, 0.6) is 0 Å². The molecule has 2 N–H and O–H groups in total. The molecule has 3 aromatic heterocycles.